The molecule has 0 unspecified atom stereocenters. The van der Waals surface area contributed by atoms with Gasteiger partial charge in [-0.05, 0) is 32.0 Å². The van der Waals surface area contributed by atoms with Crippen molar-refractivity contribution in [2.75, 3.05) is 43.7 Å². The number of aromatic amines is 1. The number of sulfone groups is 1. The summed E-state index contributed by atoms with van der Waals surface area (Å²) in [4.78, 5) is 26.4. The number of methoxy groups -OCH3 is 1. The van der Waals surface area contributed by atoms with E-state index in [2.05, 4.69) is 49.6 Å². The van der Waals surface area contributed by atoms with Gasteiger partial charge in [0, 0.05) is 55.7 Å². The molecule has 2 aromatic heterocycles. The van der Waals surface area contributed by atoms with Crippen LogP contribution in [0.1, 0.15) is 13.8 Å². The second kappa shape index (κ2) is 12.3. The summed E-state index contributed by atoms with van der Waals surface area (Å²) in [5.74, 6) is -2.09. The molecule has 4 aromatic rings. The van der Waals surface area contributed by atoms with Gasteiger partial charge < -0.3 is 25.7 Å². The highest BCUT2D eigenvalue weighted by Crippen LogP contribution is 2.34. The van der Waals surface area contributed by atoms with Crippen LogP contribution in [-0.2, 0) is 19.4 Å². The first-order valence-electron chi connectivity index (χ1n) is 13.6. The van der Waals surface area contributed by atoms with Crippen molar-refractivity contribution in [3.8, 4) is 11.3 Å². The van der Waals surface area contributed by atoms with Gasteiger partial charge in [0.05, 0.1) is 29.7 Å². The number of fused-ring (bicyclic) bond motifs is 1. The maximum atomic E-state index is 15.1. The molecule has 1 saturated heterocycles. The van der Waals surface area contributed by atoms with Crippen molar-refractivity contribution in [1.82, 2.24) is 25.2 Å². The number of nitrogens with zero attached hydrogens (tertiary/aromatic N) is 3. The lowest BCUT2D eigenvalue weighted by Crippen LogP contribution is -2.60. The molecule has 1 fully saturated rings. The fourth-order valence-electron chi connectivity index (χ4n) is 5.43. The molecule has 0 bridgehead atoms. The largest absolute Gasteiger partial charge is 0.383 e. The van der Waals surface area contributed by atoms with Gasteiger partial charge in [0.15, 0.2) is 21.5 Å². The summed E-state index contributed by atoms with van der Waals surface area (Å²) in [5.41, 5.74) is 1.19. The summed E-state index contributed by atoms with van der Waals surface area (Å²) in [6.07, 6.45) is 3.41. The standard InChI is InChI=1S/C29H33F2N7O4S/c1-16-13-38(14-17(2)34-16)23(15-42-3)28(39)35-22-9-5-7-18-19(11-32-27(18)22)26-20(30)12-33-29(37-26)36-21-8-6-10-24(25(21)31)43(4,40)41/h5-12,16-17,23,32,34H,13-15H2,1-4H3,(H,35,39)(H,33,36,37)/t16-,17-,23-/m1/s1. The number of hydrogen-bond donors (Lipinski definition) is 4. The number of piperazine rings is 1. The number of H-pyrrole nitrogens is 1. The molecule has 0 radical (unpaired) electrons. The molecular formula is C29H33F2N7O4S. The van der Waals surface area contributed by atoms with E-state index in [0.717, 1.165) is 18.5 Å². The van der Waals surface area contributed by atoms with Crippen molar-refractivity contribution in [1.29, 1.82) is 0 Å². The van der Waals surface area contributed by atoms with Gasteiger partial charge in [-0.2, -0.15) is 0 Å². The Morgan fingerprint density at radius 3 is 2.53 bits per heavy atom. The summed E-state index contributed by atoms with van der Waals surface area (Å²) in [5, 5.41) is 9.69. The third-order valence-electron chi connectivity index (χ3n) is 7.24. The van der Waals surface area contributed by atoms with Crippen molar-refractivity contribution < 1.29 is 26.7 Å². The van der Waals surface area contributed by atoms with Crippen LogP contribution in [0.25, 0.3) is 22.2 Å². The molecular weight excluding hydrogens is 580 g/mol. The van der Waals surface area contributed by atoms with Crippen LogP contribution in [0, 0.1) is 11.6 Å². The number of hydrogen-bond acceptors (Lipinski definition) is 9. The van der Waals surface area contributed by atoms with E-state index in [4.69, 9.17) is 4.74 Å². The zero-order chi connectivity index (χ0) is 30.9. The van der Waals surface area contributed by atoms with Crippen molar-refractivity contribution in [2.45, 2.75) is 36.9 Å². The summed E-state index contributed by atoms with van der Waals surface area (Å²) < 4.78 is 59.2. The highest BCUT2D eigenvalue weighted by Gasteiger charge is 2.32. The summed E-state index contributed by atoms with van der Waals surface area (Å²) in [6, 6.07) is 9.01. The first-order valence-corrected chi connectivity index (χ1v) is 15.5. The van der Waals surface area contributed by atoms with Crippen LogP contribution < -0.4 is 16.0 Å². The van der Waals surface area contributed by atoms with Crippen LogP contribution >= 0.6 is 0 Å². The first-order chi connectivity index (χ1) is 20.5. The predicted molar refractivity (Wildman–Crippen MR) is 160 cm³/mol. The van der Waals surface area contributed by atoms with E-state index < -0.39 is 32.4 Å². The Morgan fingerprint density at radius 1 is 1.14 bits per heavy atom. The Balaban J connectivity index is 1.43. The lowest BCUT2D eigenvalue weighted by atomic mass is 10.1. The molecule has 228 valence electrons. The predicted octanol–water partition coefficient (Wildman–Crippen LogP) is 3.69. The average molecular weight is 614 g/mol. The maximum absolute atomic E-state index is 15.1. The van der Waals surface area contributed by atoms with Gasteiger partial charge in [0.25, 0.3) is 0 Å². The molecule has 11 nitrogen and oxygen atoms in total. The number of rotatable bonds is 9. The quantitative estimate of drug-likeness (QED) is 0.222. The van der Waals surface area contributed by atoms with E-state index in [9.17, 15) is 17.6 Å². The van der Waals surface area contributed by atoms with Gasteiger partial charge in [-0.3, -0.25) is 9.69 Å². The summed E-state index contributed by atoms with van der Waals surface area (Å²) >= 11 is 0. The third kappa shape index (κ3) is 6.51. The highest BCUT2D eigenvalue weighted by molar-refractivity contribution is 7.90. The first kappa shape index (κ1) is 30.5. The van der Waals surface area contributed by atoms with Gasteiger partial charge in [-0.1, -0.05) is 18.2 Å². The third-order valence-corrected chi connectivity index (χ3v) is 8.35. The monoisotopic (exact) mass is 613 g/mol. The van der Waals surface area contributed by atoms with Crippen LogP contribution in [0.2, 0.25) is 0 Å². The molecule has 3 heterocycles. The molecule has 0 saturated carbocycles. The Kier molecular flexibility index (Phi) is 8.74. The average Bonchev–Trinajstić information content (AvgIpc) is 3.37. The van der Waals surface area contributed by atoms with Crippen LogP contribution in [0.15, 0.2) is 53.7 Å². The summed E-state index contributed by atoms with van der Waals surface area (Å²) in [6.45, 7) is 5.74. The molecule has 1 amide bonds. The van der Waals surface area contributed by atoms with Gasteiger partial charge in [0.1, 0.15) is 16.6 Å². The minimum absolute atomic E-state index is 0.0760. The Labute approximate surface area is 248 Å². The van der Waals surface area contributed by atoms with Crippen LogP contribution in [0.4, 0.5) is 26.1 Å². The van der Waals surface area contributed by atoms with Crippen LogP contribution in [-0.4, -0.2) is 85.4 Å². The molecule has 5 rings (SSSR count). The molecule has 0 aliphatic carbocycles. The molecule has 14 heteroatoms. The second-order valence-electron chi connectivity index (χ2n) is 10.7. The van der Waals surface area contributed by atoms with Crippen molar-refractivity contribution in [2.24, 2.45) is 0 Å². The number of anilines is 3. The number of benzene rings is 2. The smallest absolute Gasteiger partial charge is 0.244 e. The minimum Gasteiger partial charge on any atom is -0.383 e. The van der Waals surface area contributed by atoms with Crippen LogP contribution in [0.3, 0.4) is 0 Å². The number of carbonyl (C=O) groups is 1. The van der Waals surface area contributed by atoms with E-state index >= 15 is 4.39 Å². The van der Waals surface area contributed by atoms with E-state index in [1.54, 1.807) is 31.5 Å². The van der Waals surface area contributed by atoms with Crippen molar-refractivity contribution in [3.05, 3.63) is 60.4 Å². The van der Waals surface area contributed by atoms with E-state index in [1.165, 1.54) is 12.1 Å². The topological polar surface area (TPSA) is 141 Å². The lowest BCUT2D eigenvalue weighted by molar-refractivity contribution is -0.124. The van der Waals surface area contributed by atoms with Gasteiger partial charge in [0.2, 0.25) is 11.9 Å². The molecule has 0 spiro atoms. The number of aromatic nitrogens is 3. The van der Waals surface area contributed by atoms with Gasteiger partial charge in [-0.25, -0.2) is 27.2 Å². The maximum Gasteiger partial charge on any atom is 0.244 e. The molecule has 2 aromatic carbocycles. The SMILES string of the molecule is COC[C@H](C(=O)Nc1cccc2c(-c3nc(Nc4cccc(S(C)(=O)=O)c4F)ncc3F)c[nH]c12)N1C[C@@H](C)N[C@H](C)C1. The molecule has 43 heavy (non-hydrogen) atoms. The molecule has 3 atom stereocenters. The van der Waals surface area contributed by atoms with Gasteiger partial charge in [-0.15, -0.1) is 0 Å². The Bertz CT molecular complexity index is 1760. The minimum atomic E-state index is -3.82. The highest BCUT2D eigenvalue weighted by atomic mass is 32.2. The normalized spacial score (nSPS) is 18.5. The second-order valence-corrected chi connectivity index (χ2v) is 12.7. The number of nitrogens with one attached hydrogen (secondary N) is 4. The van der Waals surface area contributed by atoms with Crippen molar-refractivity contribution >= 4 is 44.0 Å². The van der Waals surface area contributed by atoms with E-state index in [0.29, 0.717) is 35.2 Å². The molecule has 1 aliphatic rings. The fraction of sp³-hybridized carbons (Fsp3) is 0.345. The van der Waals surface area contributed by atoms with Crippen molar-refractivity contribution in [3.63, 3.8) is 0 Å². The Hall–Kier alpha value is -3.98. The van der Waals surface area contributed by atoms with Crippen LogP contribution in [0.5, 0.6) is 0 Å². The number of ether oxygens (including phenoxy) is 1. The fourth-order valence-corrected chi connectivity index (χ4v) is 6.19. The van der Waals surface area contributed by atoms with Gasteiger partial charge >= 0.3 is 0 Å². The molecule has 4 N–H and O–H groups in total. The zero-order valence-electron chi connectivity index (χ0n) is 24.1. The number of amides is 1. The number of para-hydroxylation sites is 1. The van der Waals surface area contributed by atoms with E-state index in [1.807, 2.05) is 0 Å². The zero-order valence-corrected chi connectivity index (χ0v) is 24.9. The molecule has 1 aliphatic heterocycles. The number of carbonyl (C=O) groups excluding carboxylic acids is 1. The van der Waals surface area contributed by atoms with E-state index in [-0.39, 0.29) is 41.9 Å². The Morgan fingerprint density at radius 2 is 1.84 bits per heavy atom. The number of halogens is 2. The lowest BCUT2D eigenvalue weighted by Gasteiger charge is -2.39. The summed E-state index contributed by atoms with van der Waals surface area (Å²) in [7, 11) is -2.26.